The summed E-state index contributed by atoms with van der Waals surface area (Å²) >= 11 is 5.82. The van der Waals surface area contributed by atoms with Gasteiger partial charge in [-0.05, 0) is 24.1 Å². The summed E-state index contributed by atoms with van der Waals surface area (Å²) in [5, 5.41) is 9.09. The van der Waals surface area contributed by atoms with E-state index in [9.17, 15) is 8.42 Å². The van der Waals surface area contributed by atoms with Crippen LogP contribution in [0, 0.1) is 0 Å². The zero-order valence-corrected chi connectivity index (χ0v) is 10.5. The van der Waals surface area contributed by atoms with E-state index in [0.717, 1.165) is 0 Å². The van der Waals surface area contributed by atoms with E-state index in [0.29, 0.717) is 18.5 Å². The van der Waals surface area contributed by atoms with Crippen LogP contribution >= 0.6 is 11.6 Å². The highest BCUT2D eigenvalue weighted by atomic mass is 35.5. The van der Waals surface area contributed by atoms with Gasteiger partial charge in [0.25, 0.3) is 0 Å². The molecule has 1 aromatic carbocycles. The van der Waals surface area contributed by atoms with Crippen LogP contribution in [0.15, 0.2) is 23.1 Å². The van der Waals surface area contributed by atoms with Crippen LogP contribution in [0.5, 0.6) is 0 Å². The molecule has 0 heterocycles. The summed E-state index contributed by atoms with van der Waals surface area (Å²) in [7, 11) is -3.58. The van der Waals surface area contributed by atoms with Crippen LogP contribution in [0.3, 0.4) is 0 Å². The molecule has 0 aromatic heterocycles. The number of benzene rings is 1. The van der Waals surface area contributed by atoms with Crippen molar-refractivity contribution in [1.29, 1.82) is 0 Å². The zero-order valence-electron chi connectivity index (χ0n) is 8.90. The van der Waals surface area contributed by atoms with Crippen LogP contribution in [-0.4, -0.2) is 20.1 Å². The molecule has 0 bridgehead atoms. The van der Waals surface area contributed by atoms with Gasteiger partial charge < -0.3 is 5.11 Å². The fourth-order valence-corrected chi connectivity index (χ4v) is 2.85. The minimum absolute atomic E-state index is 0.00849. The third-order valence-electron chi connectivity index (χ3n) is 2.01. The maximum Gasteiger partial charge on any atom is 0.242 e. The lowest BCUT2D eigenvalue weighted by Crippen LogP contribution is -2.24. The van der Waals surface area contributed by atoms with Crippen LogP contribution < -0.4 is 4.72 Å². The van der Waals surface area contributed by atoms with Gasteiger partial charge in [-0.15, -0.1) is 0 Å². The lowest BCUT2D eigenvalue weighted by Gasteiger charge is -2.08. The average Bonchev–Trinajstić information content (AvgIpc) is 2.27. The Morgan fingerprint density at radius 3 is 2.69 bits per heavy atom. The summed E-state index contributed by atoms with van der Waals surface area (Å²) in [4.78, 5) is 0.00849. The van der Waals surface area contributed by atoms with Gasteiger partial charge >= 0.3 is 0 Å². The summed E-state index contributed by atoms with van der Waals surface area (Å²) in [5.74, 6) is 0. The summed E-state index contributed by atoms with van der Waals surface area (Å²) in [6, 6.07) is 4.43. The van der Waals surface area contributed by atoms with Gasteiger partial charge in [0.15, 0.2) is 0 Å². The van der Waals surface area contributed by atoms with E-state index in [1.165, 1.54) is 12.1 Å². The SMILES string of the molecule is CCCNS(=O)(=O)c1cc(CO)ccc1Cl. The van der Waals surface area contributed by atoms with E-state index in [1.807, 2.05) is 6.92 Å². The summed E-state index contributed by atoms with van der Waals surface area (Å²) in [6.07, 6.45) is 0.705. The summed E-state index contributed by atoms with van der Waals surface area (Å²) < 4.78 is 26.0. The van der Waals surface area contributed by atoms with Crippen LogP contribution in [0.1, 0.15) is 18.9 Å². The van der Waals surface area contributed by atoms with Crippen molar-refractivity contribution in [2.24, 2.45) is 0 Å². The Balaban J connectivity index is 3.11. The van der Waals surface area contributed by atoms with Crippen molar-refractivity contribution in [2.45, 2.75) is 24.8 Å². The van der Waals surface area contributed by atoms with Crippen molar-refractivity contribution < 1.29 is 13.5 Å². The van der Waals surface area contributed by atoms with E-state index in [1.54, 1.807) is 6.07 Å². The van der Waals surface area contributed by atoms with Crippen molar-refractivity contribution in [3.8, 4) is 0 Å². The molecule has 0 aliphatic rings. The predicted molar refractivity (Wildman–Crippen MR) is 62.9 cm³/mol. The molecule has 0 unspecified atom stereocenters. The molecular weight excluding hydrogens is 250 g/mol. The molecule has 0 radical (unpaired) electrons. The highest BCUT2D eigenvalue weighted by Crippen LogP contribution is 2.22. The quantitative estimate of drug-likeness (QED) is 0.847. The van der Waals surface area contributed by atoms with Crippen molar-refractivity contribution in [2.75, 3.05) is 6.54 Å². The van der Waals surface area contributed by atoms with E-state index >= 15 is 0 Å². The van der Waals surface area contributed by atoms with Gasteiger partial charge in [-0.2, -0.15) is 0 Å². The average molecular weight is 264 g/mol. The van der Waals surface area contributed by atoms with Crippen LogP contribution in [0.2, 0.25) is 5.02 Å². The highest BCUT2D eigenvalue weighted by molar-refractivity contribution is 7.89. The second kappa shape index (κ2) is 5.63. The van der Waals surface area contributed by atoms with Gasteiger partial charge in [-0.25, -0.2) is 13.1 Å². The van der Waals surface area contributed by atoms with Gasteiger partial charge in [0.1, 0.15) is 4.90 Å². The number of rotatable bonds is 5. The zero-order chi connectivity index (χ0) is 12.2. The third-order valence-corrected chi connectivity index (χ3v) is 3.95. The van der Waals surface area contributed by atoms with Gasteiger partial charge in [-0.3, -0.25) is 0 Å². The van der Waals surface area contributed by atoms with Crippen molar-refractivity contribution >= 4 is 21.6 Å². The Morgan fingerprint density at radius 1 is 1.44 bits per heavy atom. The smallest absolute Gasteiger partial charge is 0.242 e. The second-order valence-electron chi connectivity index (χ2n) is 3.32. The molecule has 1 aromatic rings. The molecule has 4 nitrogen and oxygen atoms in total. The third kappa shape index (κ3) is 3.18. The molecule has 0 aliphatic heterocycles. The predicted octanol–water partition coefficient (Wildman–Crippen LogP) is 1.52. The maximum absolute atomic E-state index is 11.8. The molecule has 0 fully saturated rings. The van der Waals surface area contributed by atoms with Gasteiger partial charge in [0, 0.05) is 6.54 Å². The Hall–Kier alpha value is -0.620. The molecule has 0 amide bonds. The maximum atomic E-state index is 11.8. The fraction of sp³-hybridized carbons (Fsp3) is 0.400. The first-order valence-electron chi connectivity index (χ1n) is 4.90. The molecule has 6 heteroatoms. The summed E-state index contributed by atoms with van der Waals surface area (Å²) in [6.45, 7) is 2.02. The molecule has 0 aliphatic carbocycles. The molecular formula is C10H14ClNO3S. The lowest BCUT2D eigenvalue weighted by atomic mass is 10.2. The number of aliphatic hydroxyl groups is 1. The molecule has 16 heavy (non-hydrogen) atoms. The minimum Gasteiger partial charge on any atom is -0.392 e. The number of sulfonamides is 1. The lowest BCUT2D eigenvalue weighted by molar-refractivity contribution is 0.281. The van der Waals surface area contributed by atoms with Crippen LogP contribution in [0.4, 0.5) is 0 Å². The van der Waals surface area contributed by atoms with Crippen LogP contribution in [-0.2, 0) is 16.6 Å². The van der Waals surface area contributed by atoms with Crippen molar-refractivity contribution in [3.05, 3.63) is 28.8 Å². The molecule has 1 rings (SSSR count). The van der Waals surface area contributed by atoms with Gasteiger partial charge in [0.05, 0.1) is 11.6 Å². The normalized spacial score (nSPS) is 11.7. The standard InChI is InChI=1S/C10H14ClNO3S/c1-2-5-12-16(14,15)10-6-8(7-13)3-4-9(10)11/h3-4,6,12-13H,2,5,7H2,1H3. The number of aliphatic hydroxyl groups excluding tert-OH is 1. The van der Waals surface area contributed by atoms with Crippen molar-refractivity contribution in [3.63, 3.8) is 0 Å². The van der Waals surface area contributed by atoms with Crippen LogP contribution in [0.25, 0.3) is 0 Å². The van der Waals surface area contributed by atoms with Crippen molar-refractivity contribution in [1.82, 2.24) is 4.72 Å². The molecule has 0 atom stereocenters. The fourth-order valence-electron chi connectivity index (χ4n) is 1.17. The molecule has 2 N–H and O–H groups in total. The first-order valence-corrected chi connectivity index (χ1v) is 6.76. The first kappa shape index (κ1) is 13.4. The molecule has 90 valence electrons. The molecule has 0 spiro atoms. The first-order chi connectivity index (χ1) is 7.51. The van der Waals surface area contributed by atoms with Gasteiger partial charge in [-0.1, -0.05) is 24.6 Å². The van der Waals surface area contributed by atoms with E-state index in [4.69, 9.17) is 16.7 Å². The highest BCUT2D eigenvalue weighted by Gasteiger charge is 2.17. The Kier molecular flexibility index (Phi) is 4.73. The number of hydrogen-bond donors (Lipinski definition) is 2. The molecule has 0 saturated heterocycles. The van der Waals surface area contributed by atoms with E-state index < -0.39 is 10.0 Å². The Bertz CT molecular complexity index is 459. The topological polar surface area (TPSA) is 66.4 Å². The second-order valence-corrected chi connectivity index (χ2v) is 5.46. The van der Waals surface area contributed by atoms with E-state index in [-0.39, 0.29) is 16.5 Å². The van der Waals surface area contributed by atoms with Gasteiger partial charge in [0.2, 0.25) is 10.0 Å². The minimum atomic E-state index is -3.58. The largest absolute Gasteiger partial charge is 0.392 e. The monoisotopic (exact) mass is 263 g/mol. The number of halogens is 1. The number of nitrogens with one attached hydrogen (secondary N) is 1. The summed E-state index contributed by atoms with van der Waals surface area (Å²) in [5.41, 5.74) is 0.515. The Morgan fingerprint density at radius 2 is 2.12 bits per heavy atom. The van der Waals surface area contributed by atoms with E-state index in [2.05, 4.69) is 4.72 Å². The Labute approximate surface area is 100 Å². The molecule has 0 saturated carbocycles. The number of hydrogen-bond acceptors (Lipinski definition) is 3.